The summed E-state index contributed by atoms with van der Waals surface area (Å²) in [6.45, 7) is 12.2. The second-order valence-electron chi connectivity index (χ2n) is 5.96. The van der Waals surface area contributed by atoms with E-state index in [0.717, 1.165) is 6.54 Å². The molecule has 0 aliphatic carbocycles. The largest absolute Gasteiger partial charge is 0.368 e. The average Bonchev–Trinajstić information content (AvgIpc) is 2.76. The molecule has 1 aromatic rings. The Hall–Kier alpha value is -1.24. The molecule has 17 heavy (non-hydrogen) atoms. The monoisotopic (exact) mass is 229 g/mol. The van der Waals surface area contributed by atoms with Crippen LogP contribution in [0.3, 0.4) is 0 Å². The fourth-order valence-electron chi connectivity index (χ4n) is 2.54. The summed E-state index contributed by atoms with van der Waals surface area (Å²) in [6, 6.07) is 11.3. The SMILES string of the molecule is C=C(N1CCCC1c1ccccc1)C(C)(C)C. The minimum atomic E-state index is 0.164. The molecule has 1 aromatic carbocycles. The van der Waals surface area contributed by atoms with Crippen LogP contribution in [0.4, 0.5) is 0 Å². The number of allylic oxidation sites excluding steroid dienone is 1. The Morgan fingerprint density at radius 1 is 1.24 bits per heavy atom. The number of likely N-dealkylation sites (tertiary alicyclic amines) is 1. The molecule has 0 radical (unpaired) electrons. The van der Waals surface area contributed by atoms with Crippen LogP contribution in [-0.4, -0.2) is 11.4 Å². The van der Waals surface area contributed by atoms with Gasteiger partial charge in [0.2, 0.25) is 0 Å². The van der Waals surface area contributed by atoms with Gasteiger partial charge in [0.05, 0.1) is 6.04 Å². The molecular weight excluding hydrogens is 206 g/mol. The standard InChI is InChI=1S/C16H23N/c1-13(16(2,3)4)17-12-8-11-15(17)14-9-6-5-7-10-14/h5-7,9-10,15H,1,8,11-12H2,2-4H3. The lowest BCUT2D eigenvalue weighted by molar-refractivity contribution is 0.255. The maximum atomic E-state index is 4.31. The van der Waals surface area contributed by atoms with Crippen molar-refractivity contribution in [2.45, 2.75) is 39.7 Å². The molecule has 1 heterocycles. The van der Waals surface area contributed by atoms with E-state index in [1.807, 2.05) is 0 Å². The fourth-order valence-corrected chi connectivity index (χ4v) is 2.54. The van der Waals surface area contributed by atoms with Gasteiger partial charge in [0.15, 0.2) is 0 Å². The van der Waals surface area contributed by atoms with Crippen molar-refractivity contribution in [3.8, 4) is 0 Å². The maximum Gasteiger partial charge on any atom is 0.0540 e. The molecule has 0 aromatic heterocycles. The van der Waals surface area contributed by atoms with Gasteiger partial charge < -0.3 is 4.90 Å². The van der Waals surface area contributed by atoms with Gasteiger partial charge in [-0.05, 0) is 18.4 Å². The van der Waals surface area contributed by atoms with Gasteiger partial charge in [-0.2, -0.15) is 0 Å². The summed E-state index contributed by atoms with van der Waals surface area (Å²) in [6.07, 6.45) is 2.52. The summed E-state index contributed by atoms with van der Waals surface area (Å²) in [5.41, 5.74) is 2.86. The van der Waals surface area contributed by atoms with Gasteiger partial charge in [0, 0.05) is 17.7 Å². The summed E-state index contributed by atoms with van der Waals surface area (Å²) >= 11 is 0. The highest BCUT2D eigenvalue weighted by Gasteiger charge is 2.31. The number of nitrogens with zero attached hydrogens (tertiary/aromatic N) is 1. The lowest BCUT2D eigenvalue weighted by atomic mass is 9.91. The van der Waals surface area contributed by atoms with Crippen LogP contribution in [-0.2, 0) is 0 Å². The Bertz CT molecular complexity index is 386. The zero-order valence-electron chi connectivity index (χ0n) is 11.2. The van der Waals surface area contributed by atoms with E-state index < -0.39 is 0 Å². The van der Waals surface area contributed by atoms with Gasteiger partial charge in [-0.25, -0.2) is 0 Å². The van der Waals surface area contributed by atoms with Crippen LogP contribution in [0, 0.1) is 5.41 Å². The zero-order chi connectivity index (χ0) is 12.5. The minimum absolute atomic E-state index is 0.164. The Labute approximate surface area is 105 Å². The molecule has 0 N–H and O–H groups in total. The topological polar surface area (TPSA) is 3.24 Å². The van der Waals surface area contributed by atoms with Crippen LogP contribution in [0.15, 0.2) is 42.6 Å². The Morgan fingerprint density at radius 3 is 2.47 bits per heavy atom. The lowest BCUT2D eigenvalue weighted by Crippen LogP contribution is -2.29. The Kier molecular flexibility index (Phi) is 3.28. The van der Waals surface area contributed by atoms with E-state index >= 15 is 0 Å². The highest BCUT2D eigenvalue weighted by atomic mass is 15.2. The van der Waals surface area contributed by atoms with Crippen molar-refractivity contribution >= 4 is 0 Å². The van der Waals surface area contributed by atoms with E-state index in [0.29, 0.717) is 6.04 Å². The molecule has 1 aliphatic heterocycles. The summed E-state index contributed by atoms with van der Waals surface area (Å²) in [7, 11) is 0. The highest BCUT2D eigenvalue weighted by Crippen LogP contribution is 2.39. The van der Waals surface area contributed by atoms with Crippen LogP contribution in [0.2, 0.25) is 0 Å². The summed E-state index contributed by atoms with van der Waals surface area (Å²) < 4.78 is 0. The molecule has 0 saturated carbocycles. The highest BCUT2D eigenvalue weighted by molar-refractivity contribution is 5.23. The van der Waals surface area contributed by atoms with E-state index in [-0.39, 0.29) is 5.41 Å². The number of benzene rings is 1. The second-order valence-corrected chi connectivity index (χ2v) is 5.96. The van der Waals surface area contributed by atoms with Crippen molar-refractivity contribution in [2.24, 2.45) is 5.41 Å². The maximum absolute atomic E-state index is 4.31. The molecule has 1 unspecified atom stereocenters. The molecule has 0 bridgehead atoms. The first-order valence-corrected chi connectivity index (χ1v) is 6.51. The van der Waals surface area contributed by atoms with Crippen molar-refractivity contribution in [3.63, 3.8) is 0 Å². The fraction of sp³-hybridized carbons (Fsp3) is 0.500. The second kappa shape index (κ2) is 4.56. The predicted octanol–water partition coefficient (Wildman–Crippen LogP) is 4.38. The first-order chi connectivity index (χ1) is 8.00. The first kappa shape index (κ1) is 12.2. The van der Waals surface area contributed by atoms with Crippen LogP contribution in [0.25, 0.3) is 0 Å². The van der Waals surface area contributed by atoms with E-state index in [9.17, 15) is 0 Å². The minimum Gasteiger partial charge on any atom is -0.368 e. The molecule has 1 atom stereocenters. The van der Waals surface area contributed by atoms with Gasteiger partial charge in [-0.1, -0.05) is 57.7 Å². The third kappa shape index (κ3) is 2.54. The van der Waals surface area contributed by atoms with Crippen LogP contribution in [0.1, 0.15) is 45.2 Å². The van der Waals surface area contributed by atoms with Gasteiger partial charge >= 0.3 is 0 Å². The van der Waals surface area contributed by atoms with Crippen molar-refractivity contribution < 1.29 is 0 Å². The molecular formula is C16H23N. The normalized spacial score (nSPS) is 20.6. The molecule has 1 nitrogen and oxygen atoms in total. The zero-order valence-corrected chi connectivity index (χ0v) is 11.2. The van der Waals surface area contributed by atoms with Crippen molar-refractivity contribution in [1.29, 1.82) is 0 Å². The quantitative estimate of drug-likeness (QED) is 0.727. The van der Waals surface area contributed by atoms with Gasteiger partial charge in [0.25, 0.3) is 0 Å². The van der Waals surface area contributed by atoms with E-state index in [1.54, 1.807) is 0 Å². The van der Waals surface area contributed by atoms with Crippen molar-refractivity contribution in [2.75, 3.05) is 6.54 Å². The van der Waals surface area contributed by atoms with Crippen LogP contribution >= 0.6 is 0 Å². The predicted molar refractivity (Wildman–Crippen MR) is 73.7 cm³/mol. The van der Waals surface area contributed by atoms with Crippen LogP contribution in [0.5, 0.6) is 0 Å². The smallest absolute Gasteiger partial charge is 0.0540 e. The van der Waals surface area contributed by atoms with Gasteiger partial charge in [0.1, 0.15) is 0 Å². The van der Waals surface area contributed by atoms with Crippen molar-refractivity contribution in [1.82, 2.24) is 4.90 Å². The van der Waals surface area contributed by atoms with E-state index in [2.05, 4.69) is 62.6 Å². The molecule has 0 spiro atoms. The summed E-state index contributed by atoms with van der Waals surface area (Å²) in [4.78, 5) is 2.50. The Balaban J connectivity index is 2.22. The van der Waals surface area contributed by atoms with Gasteiger partial charge in [-0.15, -0.1) is 0 Å². The van der Waals surface area contributed by atoms with E-state index in [1.165, 1.54) is 24.1 Å². The molecule has 0 amide bonds. The van der Waals surface area contributed by atoms with Crippen LogP contribution < -0.4 is 0 Å². The third-order valence-corrected chi connectivity index (χ3v) is 3.65. The van der Waals surface area contributed by atoms with E-state index in [4.69, 9.17) is 0 Å². The number of hydrogen-bond donors (Lipinski definition) is 0. The number of rotatable bonds is 2. The molecule has 1 aliphatic rings. The molecule has 2 rings (SSSR count). The molecule has 1 heteroatoms. The third-order valence-electron chi connectivity index (χ3n) is 3.65. The van der Waals surface area contributed by atoms with Gasteiger partial charge in [-0.3, -0.25) is 0 Å². The summed E-state index contributed by atoms with van der Waals surface area (Å²) in [5.74, 6) is 0. The average molecular weight is 229 g/mol. The lowest BCUT2D eigenvalue weighted by Gasteiger charge is -2.36. The molecule has 1 saturated heterocycles. The Morgan fingerprint density at radius 2 is 1.88 bits per heavy atom. The first-order valence-electron chi connectivity index (χ1n) is 6.51. The molecule has 1 fully saturated rings. The molecule has 92 valence electrons. The summed E-state index contributed by atoms with van der Waals surface area (Å²) in [5, 5.41) is 0. The number of hydrogen-bond acceptors (Lipinski definition) is 1. The van der Waals surface area contributed by atoms with Crippen molar-refractivity contribution in [3.05, 3.63) is 48.2 Å².